The summed E-state index contributed by atoms with van der Waals surface area (Å²) in [6.07, 6.45) is 10.5. The van der Waals surface area contributed by atoms with Gasteiger partial charge in [0.05, 0.1) is 6.54 Å². The summed E-state index contributed by atoms with van der Waals surface area (Å²) in [5, 5.41) is 11.5. The average Bonchev–Trinajstić information content (AvgIpc) is 3.29. The molecule has 0 saturated heterocycles. The van der Waals surface area contributed by atoms with Gasteiger partial charge in [-0.25, -0.2) is 9.07 Å². The lowest BCUT2D eigenvalue weighted by atomic mass is 10.1. The van der Waals surface area contributed by atoms with E-state index < -0.39 is 0 Å². The van der Waals surface area contributed by atoms with Gasteiger partial charge in [-0.05, 0) is 42.7 Å². The van der Waals surface area contributed by atoms with Crippen LogP contribution in [0.4, 0.5) is 4.39 Å². The number of carbonyl (C=O) groups is 1. The van der Waals surface area contributed by atoms with Gasteiger partial charge in [0.1, 0.15) is 5.82 Å². The van der Waals surface area contributed by atoms with Gasteiger partial charge < -0.3 is 9.88 Å². The molecule has 1 aliphatic rings. The lowest BCUT2D eigenvalue weighted by Crippen LogP contribution is -2.35. The van der Waals surface area contributed by atoms with Crippen LogP contribution >= 0.6 is 0 Å². The maximum atomic E-state index is 13.2. The Bertz CT molecular complexity index is 909. The number of hydrogen-bond acceptors (Lipinski definition) is 3. The first-order valence-corrected chi connectivity index (χ1v) is 9.83. The van der Waals surface area contributed by atoms with Crippen LogP contribution in [-0.4, -0.2) is 31.5 Å². The number of nitrogens with one attached hydrogen (secondary N) is 1. The van der Waals surface area contributed by atoms with Crippen LogP contribution in [-0.2, 0) is 6.54 Å². The fourth-order valence-electron chi connectivity index (χ4n) is 3.73. The summed E-state index contributed by atoms with van der Waals surface area (Å²) in [5.41, 5.74) is 1.19. The summed E-state index contributed by atoms with van der Waals surface area (Å²) in [4.78, 5) is 13.0. The minimum absolute atomic E-state index is 0.190. The van der Waals surface area contributed by atoms with Crippen LogP contribution in [0.1, 0.15) is 54.6 Å². The van der Waals surface area contributed by atoms with Crippen molar-refractivity contribution >= 4 is 5.91 Å². The van der Waals surface area contributed by atoms with Gasteiger partial charge >= 0.3 is 0 Å². The topological polar surface area (TPSA) is 64.7 Å². The fraction of sp³-hybridized carbons (Fsp3) is 0.381. The molecule has 28 heavy (non-hydrogen) atoms. The molecule has 1 N–H and O–H groups in total. The van der Waals surface area contributed by atoms with Crippen molar-refractivity contribution in [2.75, 3.05) is 0 Å². The molecule has 0 unspecified atom stereocenters. The van der Waals surface area contributed by atoms with Crippen molar-refractivity contribution in [1.82, 2.24) is 24.9 Å². The highest BCUT2D eigenvalue weighted by Gasteiger charge is 2.24. The Kier molecular flexibility index (Phi) is 5.50. The molecule has 0 aliphatic heterocycles. The third-order valence-corrected chi connectivity index (χ3v) is 5.21. The Hall–Kier alpha value is -2.96. The van der Waals surface area contributed by atoms with E-state index in [2.05, 4.69) is 15.6 Å². The van der Waals surface area contributed by atoms with E-state index in [0.29, 0.717) is 18.1 Å². The molecule has 1 saturated carbocycles. The van der Waals surface area contributed by atoms with Gasteiger partial charge in [-0.1, -0.05) is 43.0 Å². The third kappa shape index (κ3) is 4.13. The van der Waals surface area contributed by atoms with E-state index in [1.807, 2.05) is 29.1 Å². The fourth-order valence-corrected chi connectivity index (χ4v) is 3.73. The largest absolute Gasteiger partial charge is 0.348 e. The molecule has 2 heterocycles. The first-order valence-electron chi connectivity index (χ1n) is 9.83. The van der Waals surface area contributed by atoms with E-state index in [4.69, 9.17) is 0 Å². The molecular weight excluding hydrogens is 357 g/mol. The van der Waals surface area contributed by atoms with Gasteiger partial charge in [-0.3, -0.25) is 4.79 Å². The van der Waals surface area contributed by atoms with E-state index >= 15 is 0 Å². The Labute approximate surface area is 163 Å². The van der Waals surface area contributed by atoms with Crippen molar-refractivity contribution in [1.29, 1.82) is 0 Å². The monoisotopic (exact) mass is 381 g/mol. The van der Waals surface area contributed by atoms with Crippen molar-refractivity contribution < 1.29 is 9.18 Å². The highest BCUT2D eigenvalue weighted by molar-refractivity contribution is 5.95. The molecule has 6 nitrogen and oxygen atoms in total. The highest BCUT2D eigenvalue weighted by atomic mass is 19.1. The lowest BCUT2D eigenvalue weighted by molar-refractivity contribution is 0.0928. The van der Waals surface area contributed by atoms with Crippen LogP contribution in [0.15, 0.2) is 48.8 Å². The van der Waals surface area contributed by atoms with E-state index in [1.165, 1.54) is 25.0 Å². The lowest BCUT2D eigenvalue weighted by Gasteiger charge is -2.16. The number of nitrogens with zero attached hydrogens (tertiary/aromatic N) is 4. The van der Waals surface area contributed by atoms with Crippen LogP contribution in [0.5, 0.6) is 0 Å². The number of rotatable bonds is 5. The molecule has 146 valence electrons. The van der Waals surface area contributed by atoms with Crippen molar-refractivity contribution in [2.45, 2.75) is 51.1 Å². The van der Waals surface area contributed by atoms with Gasteiger partial charge in [-0.15, -0.1) is 5.10 Å². The van der Waals surface area contributed by atoms with Gasteiger partial charge in [0.15, 0.2) is 11.5 Å². The van der Waals surface area contributed by atoms with Crippen LogP contribution in [0, 0.1) is 5.82 Å². The number of hydrogen-bond donors (Lipinski definition) is 1. The van der Waals surface area contributed by atoms with Gasteiger partial charge in [-0.2, -0.15) is 0 Å². The quantitative estimate of drug-likeness (QED) is 0.685. The Morgan fingerprint density at radius 1 is 1.07 bits per heavy atom. The molecule has 7 heteroatoms. The maximum Gasteiger partial charge on any atom is 0.275 e. The third-order valence-electron chi connectivity index (χ3n) is 5.21. The van der Waals surface area contributed by atoms with Gasteiger partial charge in [0.25, 0.3) is 5.91 Å². The number of benzene rings is 1. The minimum Gasteiger partial charge on any atom is -0.348 e. The summed E-state index contributed by atoms with van der Waals surface area (Å²) in [6, 6.07) is 10.2. The molecule has 2 aromatic heterocycles. The zero-order valence-corrected chi connectivity index (χ0v) is 15.7. The highest BCUT2D eigenvalue weighted by Crippen LogP contribution is 2.19. The van der Waals surface area contributed by atoms with E-state index in [0.717, 1.165) is 31.2 Å². The number of carbonyl (C=O) groups excluding carboxylic acids is 1. The summed E-state index contributed by atoms with van der Waals surface area (Å²) >= 11 is 0. The van der Waals surface area contributed by atoms with Crippen molar-refractivity contribution in [3.63, 3.8) is 0 Å². The first kappa shape index (κ1) is 18.4. The van der Waals surface area contributed by atoms with Crippen LogP contribution in [0.25, 0.3) is 5.82 Å². The van der Waals surface area contributed by atoms with E-state index in [9.17, 15) is 9.18 Å². The molecule has 1 amide bonds. The van der Waals surface area contributed by atoms with Gasteiger partial charge in [0, 0.05) is 18.4 Å². The molecule has 1 fully saturated rings. The Balaban J connectivity index is 1.60. The summed E-state index contributed by atoms with van der Waals surface area (Å²) < 4.78 is 16.7. The molecule has 0 radical (unpaired) electrons. The van der Waals surface area contributed by atoms with Crippen LogP contribution < -0.4 is 5.32 Å². The summed E-state index contributed by atoms with van der Waals surface area (Å²) in [5.74, 6) is 0.137. The van der Waals surface area contributed by atoms with Crippen LogP contribution in [0.2, 0.25) is 0 Å². The normalized spacial score (nSPS) is 15.3. The van der Waals surface area contributed by atoms with Gasteiger partial charge in [0.2, 0.25) is 0 Å². The Morgan fingerprint density at radius 2 is 1.75 bits per heavy atom. The standard InChI is InChI=1S/C21H24FN5O/c22-17-11-9-16(10-12-17)15-27-21(26-13-5-6-14-26)19(24-25-27)20(28)23-18-7-3-1-2-4-8-18/h5-6,9-14,18H,1-4,7-8,15H2,(H,23,28). The predicted molar refractivity (Wildman–Crippen MR) is 104 cm³/mol. The second-order valence-electron chi connectivity index (χ2n) is 7.30. The molecular formula is C21H24FN5O. The molecule has 4 rings (SSSR count). The summed E-state index contributed by atoms with van der Waals surface area (Å²) in [7, 11) is 0. The van der Waals surface area contributed by atoms with Crippen molar-refractivity contribution in [3.8, 4) is 5.82 Å². The number of aromatic nitrogens is 4. The zero-order chi connectivity index (χ0) is 19.3. The SMILES string of the molecule is O=C(NC1CCCCCC1)c1nnn(Cc2ccc(F)cc2)c1-n1cccc1. The van der Waals surface area contributed by atoms with E-state index in [-0.39, 0.29) is 17.8 Å². The molecule has 0 atom stereocenters. The molecule has 0 spiro atoms. The maximum absolute atomic E-state index is 13.2. The predicted octanol–water partition coefficient (Wildman–Crippen LogP) is 3.71. The smallest absolute Gasteiger partial charge is 0.275 e. The Morgan fingerprint density at radius 3 is 2.43 bits per heavy atom. The second-order valence-corrected chi connectivity index (χ2v) is 7.30. The molecule has 1 aliphatic carbocycles. The van der Waals surface area contributed by atoms with Crippen molar-refractivity contribution in [3.05, 3.63) is 65.9 Å². The number of amides is 1. The number of halogens is 1. The second kappa shape index (κ2) is 8.37. The van der Waals surface area contributed by atoms with Crippen LogP contribution in [0.3, 0.4) is 0 Å². The minimum atomic E-state index is -0.281. The molecule has 3 aromatic rings. The van der Waals surface area contributed by atoms with Crippen molar-refractivity contribution in [2.24, 2.45) is 0 Å². The zero-order valence-electron chi connectivity index (χ0n) is 15.7. The average molecular weight is 381 g/mol. The molecule has 1 aromatic carbocycles. The first-order chi connectivity index (χ1) is 13.7. The van der Waals surface area contributed by atoms with E-state index in [1.54, 1.807) is 16.8 Å². The summed E-state index contributed by atoms with van der Waals surface area (Å²) in [6.45, 7) is 0.400. The molecule has 0 bridgehead atoms.